The molecule has 0 fully saturated rings. The van der Waals surface area contributed by atoms with Gasteiger partial charge >= 0.3 is 0 Å². The van der Waals surface area contributed by atoms with E-state index in [2.05, 4.69) is 5.32 Å². The molecule has 4 rings (SSSR count). The van der Waals surface area contributed by atoms with Gasteiger partial charge in [0.05, 0.1) is 12.2 Å². The molecule has 1 heterocycles. The molecule has 35 heavy (non-hydrogen) atoms. The van der Waals surface area contributed by atoms with Gasteiger partial charge in [-0.25, -0.2) is 0 Å². The highest BCUT2D eigenvalue weighted by Gasteiger charge is 2.31. The molecule has 0 saturated carbocycles. The smallest absolute Gasteiger partial charge is 0.267 e. The Morgan fingerprint density at radius 2 is 1.80 bits per heavy atom. The summed E-state index contributed by atoms with van der Waals surface area (Å²) in [7, 11) is 0. The van der Waals surface area contributed by atoms with E-state index in [0.717, 1.165) is 22.4 Å². The highest BCUT2D eigenvalue weighted by molar-refractivity contribution is 6.01. The maximum atomic E-state index is 12.9. The van der Waals surface area contributed by atoms with Crippen LogP contribution >= 0.6 is 0 Å². The zero-order valence-corrected chi connectivity index (χ0v) is 20.5. The summed E-state index contributed by atoms with van der Waals surface area (Å²) >= 11 is 0. The first-order chi connectivity index (χ1) is 16.8. The second-order valence-electron chi connectivity index (χ2n) is 8.63. The van der Waals surface area contributed by atoms with E-state index < -0.39 is 6.10 Å². The maximum absolute atomic E-state index is 12.9. The SMILES string of the molecule is Cc1ccc(OCCN2C(=O)C(C)Oc3ccc(NC(=O)COc4cccc(C)c4C)cc32)cc1. The summed E-state index contributed by atoms with van der Waals surface area (Å²) in [5, 5.41) is 2.84. The molecule has 0 spiro atoms. The normalized spacial score (nSPS) is 14.7. The Morgan fingerprint density at radius 1 is 1.03 bits per heavy atom. The number of carbonyl (C=O) groups is 2. The van der Waals surface area contributed by atoms with Crippen LogP contribution in [0.25, 0.3) is 0 Å². The van der Waals surface area contributed by atoms with Gasteiger partial charge in [-0.15, -0.1) is 0 Å². The van der Waals surface area contributed by atoms with E-state index in [1.165, 1.54) is 0 Å². The quantitative estimate of drug-likeness (QED) is 0.506. The number of hydrogen-bond donors (Lipinski definition) is 1. The number of ether oxygens (including phenoxy) is 3. The Morgan fingerprint density at radius 3 is 2.57 bits per heavy atom. The Bertz CT molecular complexity index is 1220. The van der Waals surface area contributed by atoms with Crippen LogP contribution < -0.4 is 24.4 Å². The predicted molar refractivity (Wildman–Crippen MR) is 136 cm³/mol. The third-order valence-corrected chi connectivity index (χ3v) is 5.97. The second-order valence-corrected chi connectivity index (χ2v) is 8.63. The summed E-state index contributed by atoms with van der Waals surface area (Å²) in [5.41, 5.74) is 4.39. The lowest BCUT2D eigenvalue weighted by atomic mass is 10.1. The van der Waals surface area contributed by atoms with Crippen LogP contribution in [0.1, 0.15) is 23.6 Å². The van der Waals surface area contributed by atoms with Crippen molar-refractivity contribution in [2.45, 2.75) is 33.8 Å². The molecule has 1 aliphatic rings. The molecule has 2 amide bonds. The first-order valence-corrected chi connectivity index (χ1v) is 11.6. The predicted octanol–water partition coefficient (Wildman–Crippen LogP) is 4.82. The number of amides is 2. The molecule has 0 bridgehead atoms. The number of carbonyl (C=O) groups excluding carboxylic acids is 2. The molecule has 1 N–H and O–H groups in total. The van der Waals surface area contributed by atoms with E-state index >= 15 is 0 Å². The number of nitrogens with one attached hydrogen (secondary N) is 1. The number of aryl methyl sites for hydroxylation is 2. The highest BCUT2D eigenvalue weighted by atomic mass is 16.5. The summed E-state index contributed by atoms with van der Waals surface area (Å²) in [6.45, 7) is 8.24. The summed E-state index contributed by atoms with van der Waals surface area (Å²) < 4.78 is 17.3. The van der Waals surface area contributed by atoms with Crippen LogP contribution in [0.5, 0.6) is 17.2 Å². The van der Waals surface area contributed by atoms with Crippen LogP contribution in [0.2, 0.25) is 0 Å². The standard InChI is InChI=1S/C28H30N2O5/c1-18-8-11-23(12-9-18)33-15-14-30-24-16-22(10-13-26(24)35-21(4)28(30)32)29-27(31)17-34-25-7-5-6-19(2)20(25)3/h5-13,16,21H,14-15,17H2,1-4H3,(H,29,31). The molecule has 1 atom stereocenters. The van der Waals surface area contributed by atoms with Crippen LogP contribution in [0, 0.1) is 20.8 Å². The van der Waals surface area contributed by atoms with E-state index in [1.807, 2.05) is 63.2 Å². The Balaban J connectivity index is 1.42. The van der Waals surface area contributed by atoms with Crippen LogP contribution in [0.3, 0.4) is 0 Å². The van der Waals surface area contributed by atoms with Crippen molar-refractivity contribution in [3.8, 4) is 17.2 Å². The zero-order valence-electron chi connectivity index (χ0n) is 20.5. The van der Waals surface area contributed by atoms with Crippen LogP contribution in [0.4, 0.5) is 11.4 Å². The summed E-state index contributed by atoms with van der Waals surface area (Å²) in [5.74, 6) is 1.55. The van der Waals surface area contributed by atoms with Crippen molar-refractivity contribution in [3.63, 3.8) is 0 Å². The van der Waals surface area contributed by atoms with Gasteiger partial charge in [0.1, 0.15) is 23.9 Å². The lowest BCUT2D eigenvalue weighted by Gasteiger charge is -2.33. The van der Waals surface area contributed by atoms with Crippen molar-refractivity contribution in [2.75, 3.05) is 30.0 Å². The van der Waals surface area contributed by atoms with Crippen molar-refractivity contribution >= 4 is 23.2 Å². The zero-order chi connectivity index (χ0) is 24.9. The molecule has 1 unspecified atom stereocenters. The average molecular weight is 475 g/mol. The van der Waals surface area contributed by atoms with Gasteiger partial charge in [0.25, 0.3) is 11.8 Å². The first kappa shape index (κ1) is 24.1. The number of anilines is 2. The minimum Gasteiger partial charge on any atom is -0.492 e. The molecule has 1 aliphatic heterocycles. The topological polar surface area (TPSA) is 77.1 Å². The van der Waals surface area contributed by atoms with E-state index in [9.17, 15) is 9.59 Å². The van der Waals surface area contributed by atoms with Gasteiger partial charge in [0.15, 0.2) is 12.7 Å². The molecule has 0 aromatic heterocycles. The van der Waals surface area contributed by atoms with Gasteiger partial charge in [-0.3, -0.25) is 9.59 Å². The largest absolute Gasteiger partial charge is 0.492 e. The van der Waals surface area contributed by atoms with Crippen molar-refractivity contribution < 1.29 is 23.8 Å². The molecular formula is C28H30N2O5. The summed E-state index contributed by atoms with van der Waals surface area (Å²) in [4.78, 5) is 27.0. The van der Waals surface area contributed by atoms with Gasteiger partial charge in [-0.05, 0) is 75.2 Å². The van der Waals surface area contributed by atoms with Crippen LogP contribution in [-0.2, 0) is 9.59 Å². The molecule has 3 aromatic carbocycles. The lowest BCUT2D eigenvalue weighted by Crippen LogP contribution is -2.46. The monoisotopic (exact) mass is 474 g/mol. The minimum atomic E-state index is -0.603. The molecule has 0 aliphatic carbocycles. The van der Waals surface area contributed by atoms with Gasteiger partial charge in [-0.1, -0.05) is 29.8 Å². The van der Waals surface area contributed by atoms with Crippen molar-refractivity contribution in [3.05, 3.63) is 77.4 Å². The molecule has 7 nitrogen and oxygen atoms in total. The molecule has 0 radical (unpaired) electrons. The molecular weight excluding hydrogens is 444 g/mol. The molecule has 182 valence electrons. The number of benzene rings is 3. The van der Waals surface area contributed by atoms with Gasteiger partial charge in [-0.2, -0.15) is 0 Å². The van der Waals surface area contributed by atoms with E-state index in [0.29, 0.717) is 36.0 Å². The van der Waals surface area contributed by atoms with E-state index in [-0.39, 0.29) is 18.4 Å². The van der Waals surface area contributed by atoms with Crippen LogP contribution in [0.15, 0.2) is 60.7 Å². The first-order valence-electron chi connectivity index (χ1n) is 11.6. The fourth-order valence-electron chi connectivity index (χ4n) is 3.83. The molecule has 3 aromatic rings. The van der Waals surface area contributed by atoms with E-state index in [4.69, 9.17) is 14.2 Å². The van der Waals surface area contributed by atoms with Crippen LogP contribution in [-0.4, -0.2) is 37.7 Å². The average Bonchev–Trinajstić information content (AvgIpc) is 2.84. The molecule has 7 heteroatoms. The lowest BCUT2D eigenvalue weighted by molar-refractivity contribution is -0.125. The summed E-state index contributed by atoms with van der Waals surface area (Å²) in [6.07, 6.45) is -0.603. The number of fused-ring (bicyclic) bond motifs is 1. The Labute approximate surface area is 205 Å². The van der Waals surface area contributed by atoms with E-state index in [1.54, 1.807) is 30.0 Å². The second kappa shape index (κ2) is 10.5. The number of rotatable bonds is 8. The number of hydrogen-bond acceptors (Lipinski definition) is 5. The number of nitrogens with zero attached hydrogens (tertiary/aromatic N) is 1. The Hall–Kier alpha value is -4.00. The molecule has 0 saturated heterocycles. The highest BCUT2D eigenvalue weighted by Crippen LogP contribution is 2.36. The maximum Gasteiger partial charge on any atom is 0.267 e. The third-order valence-electron chi connectivity index (χ3n) is 5.97. The van der Waals surface area contributed by atoms with Gasteiger partial charge < -0.3 is 24.4 Å². The van der Waals surface area contributed by atoms with Gasteiger partial charge in [0.2, 0.25) is 0 Å². The van der Waals surface area contributed by atoms with Crippen molar-refractivity contribution in [2.24, 2.45) is 0 Å². The Kier molecular flexibility index (Phi) is 7.25. The van der Waals surface area contributed by atoms with Crippen molar-refractivity contribution in [1.82, 2.24) is 0 Å². The van der Waals surface area contributed by atoms with Gasteiger partial charge in [0, 0.05) is 5.69 Å². The fraction of sp³-hybridized carbons (Fsp3) is 0.286. The minimum absolute atomic E-state index is 0.123. The van der Waals surface area contributed by atoms with Crippen molar-refractivity contribution in [1.29, 1.82) is 0 Å². The summed E-state index contributed by atoms with van der Waals surface area (Å²) in [6, 6.07) is 18.7. The third kappa shape index (κ3) is 5.74. The fourth-order valence-corrected chi connectivity index (χ4v) is 3.83.